The van der Waals surface area contributed by atoms with Gasteiger partial charge in [-0.3, -0.25) is 14.3 Å². The lowest BCUT2D eigenvalue weighted by Crippen LogP contribution is -2.12. The quantitative estimate of drug-likeness (QED) is 0.572. The standard InChI is InChI=1S/C22H24N4O3/c1-4-12-26-15(3)18(14(2)25-26)8-11-21(27)24-17-7-5-6-16(13-17)19-9-10-20(29-19)22(23)28/h4-7,9-10,13H,1,8,11-12H2,2-3H3,(H2,23,28)(H,24,27). The molecular formula is C22H24N4O3. The van der Waals surface area contributed by atoms with Crippen molar-refractivity contribution in [3.05, 3.63) is 71.8 Å². The molecule has 0 aliphatic rings. The highest BCUT2D eigenvalue weighted by atomic mass is 16.3. The number of hydrogen-bond acceptors (Lipinski definition) is 4. The normalized spacial score (nSPS) is 10.7. The summed E-state index contributed by atoms with van der Waals surface area (Å²) in [6.07, 6.45) is 2.76. The Morgan fingerprint density at radius 1 is 1.28 bits per heavy atom. The van der Waals surface area contributed by atoms with Crippen molar-refractivity contribution in [3.63, 3.8) is 0 Å². The first-order valence-corrected chi connectivity index (χ1v) is 9.32. The molecule has 3 aromatic rings. The van der Waals surface area contributed by atoms with Crippen molar-refractivity contribution in [3.8, 4) is 11.3 Å². The summed E-state index contributed by atoms with van der Waals surface area (Å²) in [5.74, 6) is -0.106. The second-order valence-corrected chi connectivity index (χ2v) is 6.78. The molecule has 7 nitrogen and oxygen atoms in total. The van der Waals surface area contributed by atoms with Crippen LogP contribution in [0.4, 0.5) is 5.69 Å². The fourth-order valence-electron chi connectivity index (χ4n) is 3.23. The van der Waals surface area contributed by atoms with Crippen LogP contribution in [-0.2, 0) is 17.8 Å². The number of carbonyl (C=O) groups is 2. The summed E-state index contributed by atoms with van der Waals surface area (Å²) >= 11 is 0. The predicted molar refractivity (Wildman–Crippen MR) is 112 cm³/mol. The Hall–Kier alpha value is -3.61. The average molecular weight is 392 g/mol. The first-order chi connectivity index (χ1) is 13.9. The molecule has 7 heteroatoms. The van der Waals surface area contributed by atoms with Gasteiger partial charge in [-0.25, -0.2) is 0 Å². The minimum Gasteiger partial charge on any atom is -0.451 e. The van der Waals surface area contributed by atoms with Gasteiger partial charge < -0.3 is 15.5 Å². The third-order valence-electron chi connectivity index (χ3n) is 4.72. The van der Waals surface area contributed by atoms with E-state index in [-0.39, 0.29) is 11.7 Å². The van der Waals surface area contributed by atoms with Gasteiger partial charge >= 0.3 is 0 Å². The number of anilines is 1. The third-order valence-corrected chi connectivity index (χ3v) is 4.72. The van der Waals surface area contributed by atoms with E-state index in [2.05, 4.69) is 17.0 Å². The SMILES string of the molecule is C=CCn1nc(C)c(CCC(=O)Nc2cccc(-c3ccc(C(N)=O)o3)c2)c1C. The number of benzene rings is 1. The number of nitrogens with zero attached hydrogens (tertiary/aromatic N) is 2. The van der Waals surface area contributed by atoms with Gasteiger partial charge in [0.1, 0.15) is 5.76 Å². The molecule has 2 amide bonds. The maximum atomic E-state index is 12.4. The summed E-state index contributed by atoms with van der Waals surface area (Å²) in [5.41, 5.74) is 9.69. The van der Waals surface area contributed by atoms with Crippen LogP contribution < -0.4 is 11.1 Å². The highest BCUT2D eigenvalue weighted by Gasteiger charge is 2.13. The first-order valence-electron chi connectivity index (χ1n) is 9.32. The predicted octanol–water partition coefficient (Wildman–Crippen LogP) is 3.62. The molecule has 150 valence electrons. The van der Waals surface area contributed by atoms with Gasteiger partial charge in [-0.15, -0.1) is 6.58 Å². The van der Waals surface area contributed by atoms with Crippen molar-refractivity contribution in [2.24, 2.45) is 5.73 Å². The molecule has 2 aromatic heterocycles. The van der Waals surface area contributed by atoms with Gasteiger partial charge in [0.15, 0.2) is 5.76 Å². The molecule has 0 spiro atoms. The van der Waals surface area contributed by atoms with Crippen LogP contribution in [0.15, 0.2) is 53.5 Å². The highest BCUT2D eigenvalue weighted by Crippen LogP contribution is 2.25. The molecule has 0 radical (unpaired) electrons. The Balaban J connectivity index is 1.65. The van der Waals surface area contributed by atoms with Gasteiger partial charge in [0.05, 0.1) is 12.2 Å². The van der Waals surface area contributed by atoms with E-state index in [1.807, 2.05) is 30.7 Å². The molecule has 0 saturated heterocycles. The maximum Gasteiger partial charge on any atom is 0.284 e. The van der Waals surface area contributed by atoms with Gasteiger partial charge in [-0.2, -0.15) is 5.10 Å². The molecule has 0 unspecified atom stereocenters. The zero-order valence-electron chi connectivity index (χ0n) is 16.6. The summed E-state index contributed by atoms with van der Waals surface area (Å²) < 4.78 is 7.33. The van der Waals surface area contributed by atoms with Crippen molar-refractivity contribution in [1.82, 2.24) is 9.78 Å². The topological polar surface area (TPSA) is 103 Å². The summed E-state index contributed by atoms with van der Waals surface area (Å²) in [6.45, 7) is 8.35. The number of nitrogens with two attached hydrogens (primary N) is 1. The Morgan fingerprint density at radius 3 is 2.76 bits per heavy atom. The number of primary amides is 1. The fourth-order valence-corrected chi connectivity index (χ4v) is 3.23. The monoisotopic (exact) mass is 392 g/mol. The van der Waals surface area contributed by atoms with Gasteiger partial charge in [0, 0.05) is 23.4 Å². The molecule has 0 aliphatic heterocycles. The number of allylic oxidation sites excluding steroid dienone is 1. The number of carbonyl (C=O) groups excluding carboxylic acids is 2. The van der Waals surface area contributed by atoms with Crippen molar-refractivity contribution in [2.45, 2.75) is 33.2 Å². The molecule has 0 aliphatic carbocycles. The number of aromatic nitrogens is 2. The summed E-state index contributed by atoms with van der Waals surface area (Å²) in [7, 11) is 0. The van der Waals surface area contributed by atoms with Gasteiger partial charge in [0.2, 0.25) is 5.91 Å². The Kier molecular flexibility index (Phi) is 5.97. The van der Waals surface area contributed by atoms with Crippen LogP contribution in [0.3, 0.4) is 0 Å². The van der Waals surface area contributed by atoms with E-state index >= 15 is 0 Å². The third kappa shape index (κ3) is 4.63. The lowest BCUT2D eigenvalue weighted by molar-refractivity contribution is -0.116. The Labute approximate surface area is 169 Å². The van der Waals surface area contributed by atoms with E-state index in [1.54, 1.807) is 24.3 Å². The van der Waals surface area contributed by atoms with Crippen LogP contribution in [0, 0.1) is 13.8 Å². The van der Waals surface area contributed by atoms with Gasteiger partial charge in [-0.05, 0) is 50.1 Å². The van der Waals surface area contributed by atoms with E-state index in [0.29, 0.717) is 30.8 Å². The van der Waals surface area contributed by atoms with E-state index in [4.69, 9.17) is 10.2 Å². The minimum absolute atomic E-state index is 0.0882. The van der Waals surface area contributed by atoms with Crippen molar-refractivity contribution >= 4 is 17.5 Å². The highest BCUT2D eigenvalue weighted by molar-refractivity contribution is 5.92. The number of nitrogens with one attached hydrogen (secondary N) is 1. The zero-order valence-corrected chi connectivity index (χ0v) is 16.6. The van der Waals surface area contributed by atoms with Gasteiger partial charge in [0.25, 0.3) is 5.91 Å². The number of rotatable bonds is 8. The fraction of sp³-hybridized carbons (Fsp3) is 0.227. The van der Waals surface area contributed by atoms with E-state index in [9.17, 15) is 9.59 Å². The maximum absolute atomic E-state index is 12.4. The number of aryl methyl sites for hydroxylation is 1. The minimum atomic E-state index is -0.622. The smallest absolute Gasteiger partial charge is 0.284 e. The molecule has 0 bridgehead atoms. The van der Waals surface area contributed by atoms with Crippen molar-refractivity contribution < 1.29 is 14.0 Å². The van der Waals surface area contributed by atoms with Crippen LogP contribution in [0.1, 0.15) is 33.9 Å². The van der Waals surface area contributed by atoms with E-state index in [0.717, 1.165) is 22.5 Å². The molecular weight excluding hydrogens is 368 g/mol. The molecule has 0 atom stereocenters. The molecule has 0 saturated carbocycles. The van der Waals surface area contributed by atoms with Crippen LogP contribution in [-0.4, -0.2) is 21.6 Å². The average Bonchev–Trinajstić information content (AvgIpc) is 3.27. The number of furan rings is 1. The lowest BCUT2D eigenvalue weighted by Gasteiger charge is -2.07. The molecule has 3 N–H and O–H groups in total. The van der Waals surface area contributed by atoms with Crippen molar-refractivity contribution in [1.29, 1.82) is 0 Å². The molecule has 0 fully saturated rings. The number of hydrogen-bond donors (Lipinski definition) is 2. The summed E-state index contributed by atoms with van der Waals surface area (Å²) in [6, 6.07) is 10.4. The Bertz CT molecular complexity index is 1060. The van der Waals surface area contributed by atoms with E-state index in [1.165, 1.54) is 6.07 Å². The molecule has 1 aromatic carbocycles. The van der Waals surface area contributed by atoms with Crippen molar-refractivity contribution in [2.75, 3.05) is 5.32 Å². The van der Waals surface area contributed by atoms with Crippen LogP contribution in [0.2, 0.25) is 0 Å². The molecule has 29 heavy (non-hydrogen) atoms. The van der Waals surface area contributed by atoms with E-state index < -0.39 is 5.91 Å². The van der Waals surface area contributed by atoms with Crippen LogP contribution >= 0.6 is 0 Å². The first kappa shape index (κ1) is 20.1. The molecule has 3 rings (SSSR count). The lowest BCUT2D eigenvalue weighted by atomic mass is 10.1. The second kappa shape index (κ2) is 8.60. The summed E-state index contributed by atoms with van der Waals surface area (Å²) in [4.78, 5) is 23.6. The van der Waals surface area contributed by atoms with Crippen LogP contribution in [0.5, 0.6) is 0 Å². The van der Waals surface area contributed by atoms with Crippen LogP contribution in [0.25, 0.3) is 11.3 Å². The van der Waals surface area contributed by atoms with Gasteiger partial charge in [-0.1, -0.05) is 18.2 Å². The second-order valence-electron chi connectivity index (χ2n) is 6.78. The zero-order chi connectivity index (χ0) is 21.0. The molecule has 2 heterocycles. The summed E-state index contributed by atoms with van der Waals surface area (Å²) in [5, 5.41) is 7.40. The largest absolute Gasteiger partial charge is 0.451 e. The Morgan fingerprint density at radius 2 is 2.07 bits per heavy atom. The number of amides is 2.